The number of hydrogen-bond acceptors (Lipinski definition) is 3. The minimum absolute atomic E-state index is 0.904. The van der Waals surface area contributed by atoms with Gasteiger partial charge in [0.2, 0.25) is 0 Å². The van der Waals surface area contributed by atoms with Gasteiger partial charge in [0.1, 0.15) is 5.82 Å². The van der Waals surface area contributed by atoms with E-state index in [1.54, 1.807) is 0 Å². The molecule has 0 bridgehead atoms. The van der Waals surface area contributed by atoms with Crippen molar-refractivity contribution in [1.82, 2.24) is 4.98 Å². The molecular formula is C39H26N2S. The van der Waals surface area contributed by atoms with Gasteiger partial charge in [0.25, 0.3) is 0 Å². The molecule has 0 saturated heterocycles. The van der Waals surface area contributed by atoms with E-state index in [0.717, 1.165) is 17.2 Å². The van der Waals surface area contributed by atoms with E-state index in [1.807, 2.05) is 17.5 Å². The van der Waals surface area contributed by atoms with E-state index >= 15 is 0 Å². The predicted molar refractivity (Wildman–Crippen MR) is 180 cm³/mol. The molecule has 8 aromatic rings. The van der Waals surface area contributed by atoms with Gasteiger partial charge in [0, 0.05) is 37.7 Å². The number of anilines is 3. The molecule has 0 unspecified atom stereocenters. The van der Waals surface area contributed by atoms with Crippen LogP contribution < -0.4 is 4.90 Å². The molecule has 8 rings (SSSR count). The third kappa shape index (κ3) is 4.41. The highest BCUT2D eigenvalue weighted by molar-refractivity contribution is 7.25. The zero-order valence-corrected chi connectivity index (χ0v) is 23.6. The normalized spacial score (nSPS) is 11.3. The van der Waals surface area contributed by atoms with Gasteiger partial charge in [-0.25, -0.2) is 4.98 Å². The first kappa shape index (κ1) is 24.5. The van der Waals surface area contributed by atoms with Crippen LogP contribution >= 0.6 is 11.3 Å². The van der Waals surface area contributed by atoms with E-state index in [4.69, 9.17) is 4.98 Å². The Balaban J connectivity index is 1.26. The highest BCUT2D eigenvalue weighted by Crippen LogP contribution is 2.40. The highest BCUT2D eigenvalue weighted by Gasteiger charge is 2.17. The number of benzene rings is 6. The smallest absolute Gasteiger partial charge is 0.138 e. The number of aromatic nitrogens is 1. The maximum atomic E-state index is 5.03. The minimum atomic E-state index is 0.904. The number of nitrogens with zero attached hydrogens (tertiary/aromatic N) is 2. The molecule has 0 aliphatic rings. The SMILES string of the molecule is c1ccc(-c2ccc(N(c3ccc4cc(-c5ccccc5)ccc4c3)c3cc4sc5ccccc5c4cn3)cc2)cc1. The van der Waals surface area contributed by atoms with Crippen LogP contribution in [0.1, 0.15) is 0 Å². The second-order valence-corrected chi connectivity index (χ2v) is 11.6. The molecule has 0 radical (unpaired) electrons. The Morgan fingerprint density at radius 3 is 1.81 bits per heavy atom. The highest BCUT2D eigenvalue weighted by atomic mass is 32.1. The molecule has 0 fully saturated rings. The van der Waals surface area contributed by atoms with Gasteiger partial charge in [0.15, 0.2) is 0 Å². The Morgan fingerprint density at radius 2 is 1.02 bits per heavy atom. The molecule has 0 saturated carbocycles. The Bertz CT molecular complexity index is 2180. The fraction of sp³-hybridized carbons (Fsp3) is 0. The molecule has 0 aliphatic carbocycles. The summed E-state index contributed by atoms with van der Waals surface area (Å²) in [6.45, 7) is 0. The van der Waals surface area contributed by atoms with Crippen molar-refractivity contribution >= 4 is 59.5 Å². The fourth-order valence-electron chi connectivity index (χ4n) is 5.76. The van der Waals surface area contributed by atoms with Gasteiger partial charge >= 0.3 is 0 Å². The molecule has 0 atom stereocenters. The van der Waals surface area contributed by atoms with Crippen molar-refractivity contribution in [1.29, 1.82) is 0 Å². The van der Waals surface area contributed by atoms with Crippen molar-refractivity contribution in [3.8, 4) is 22.3 Å². The molecule has 42 heavy (non-hydrogen) atoms. The van der Waals surface area contributed by atoms with Crippen LogP contribution in [-0.2, 0) is 0 Å². The van der Waals surface area contributed by atoms with Gasteiger partial charge in [0.05, 0.1) is 0 Å². The van der Waals surface area contributed by atoms with Crippen molar-refractivity contribution in [3.63, 3.8) is 0 Å². The molecule has 0 aliphatic heterocycles. The third-order valence-electron chi connectivity index (χ3n) is 7.90. The van der Waals surface area contributed by atoms with E-state index in [-0.39, 0.29) is 0 Å². The van der Waals surface area contributed by atoms with Crippen LogP contribution in [0.2, 0.25) is 0 Å². The van der Waals surface area contributed by atoms with Gasteiger partial charge in [-0.05, 0) is 75.5 Å². The lowest BCUT2D eigenvalue weighted by atomic mass is 10.0. The summed E-state index contributed by atoms with van der Waals surface area (Å²) in [4.78, 5) is 7.30. The predicted octanol–water partition coefficient (Wildman–Crippen LogP) is 11.4. The summed E-state index contributed by atoms with van der Waals surface area (Å²) in [6, 6.07) is 54.1. The minimum Gasteiger partial charge on any atom is -0.295 e. The van der Waals surface area contributed by atoms with E-state index in [0.29, 0.717) is 0 Å². The summed E-state index contributed by atoms with van der Waals surface area (Å²) in [5.74, 6) is 0.904. The summed E-state index contributed by atoms with van der Waals surface area (Å²) < 4.78 is 2.52. The van der Waals surface area contributed by atoms with Gasteiger partial charge in [-0.2, -0.15) is 0 Å². The Kier molecular flexibility index (Phi) is 6.02. The summed E-state index contributed by atoms with van der Waals surface area (Å²) in [5.41, 5.74) is 7.00. The molecule has 2 heterocycles. The zero-order chi connectivity index (χ0) is 27.9. The number of thiophene rings is 1. The van der Waals surface area contributed by atoms with Gasteiger partial charge < -0.3 is 0 Å². The van der Waals surface area contributed by atoms with Crippen LogP contribution in [0, 0.1) is 0 Å². The molecule has 6 aromatic carbocycles. The standard InChI is InChI=1S/C39H26N2S/c1-3-9-27(10-4-1)29-17-20-33(21-18-29)41(39-25-38-36(26-40-39)35-13-7-8-14-37(35)42-38)34-22-19-31-23-30(15-16-32(31)24-34)28-11-5-2-6-12-28/h1-26H. The lowest BCUT2D eigenvalue weighted by Gasteiger charge is -2.25. The Hall–Kier alpha value is -5.25. The summed E-state index contributed by atoms with van der Waals surface area (Å²) in [7, 11) is 0. The Labute approximate surface area is 248 Å². The first-order valence-electron chi connectivity index (χ1n) is 14.1. The van der Waals surface area contributed by atoms with Crippen LogP contribution in [0.15, 0.2) is 158 Å². The summed E-state index contributed by atoms with van der Waals surface area (Å²) in [5, 5.41) is 4.87. The van der Waals surface area contributed by atoms with Crippen LogP contribution in [0.5, 0.6) is 0 Å². The second-order valence-electron chi connectivity index (χ2n) is 10.5. The van der Waals surface area contributed by atoms with Crippen molar-refractivity contribution in [2.45, 2.75) is 0 Å². The topological polar surface area (TPSA) is 16.1 Å². The number of fused-ring (bicyclic) bond motifs is 4. The van der Waals surface area contributed by atoms with Crippen molar-refractivity contribution < 1.29 is 0 Å². The van der Waals surface area contributed by atoms with Gasteiger partial charge in [-0.15, -0.1) is 11.3 Å². The second kappa shape index (κ2) is 10.3. The summed E-state index contributed by atoms with van der Waals surface area (Å²) >= 11 is 1.82. The van der Waals surface area contributed by atoms with Crippen molar-refractivity contribution in [2.24, 2.45) is 0 Å². The van der Waals surface area contributed by atoms with Gasteiger partial charge in [-0.3, -0.25) is 4.90 Å². The van der Waals surface area contributed by atoms with Crippen molar-refractivity contribution in [2.75, 3.05) is 4.90 Å². The van der Waals surface area contributed by atoms with Crippen LogP contribution in [-0.4, -0.2) is 4.98 Å². The quantitative estimate of drug-likeness (QED) is 0.210. The van der Waals surface area contributed by atoms with E-state index in [1.165, 1.54) is 53.2 Å². The molecule has 0 N–H and O–H groups in total. The maximum absolute atomic E-state index is 5.03. The number of hydrogen-bond donors (Lipinski definition) is 0. The van der Waals surface area contributed by atoms with E-state index in [2.05, 4.69) is 157 Å². The molecule has 3 heteroatoms. The molecule has 0 spiro atoms. The fourth-order valence-corrected chi connectivity index (χ4v) is 6.87. The van der Waals surface area contributed by atoms with Crippen LogP contribution in [0.25, 0.3) is 53.2 Å². The Morgan fingerprint density at radius 1 is 0.429 bits per heavy atom. The van der Waals surface area contributed by atoms with Crippen LogP contribution in [0.4, 0.5) is 17.2 Å². The first-order valence-corrected chi connectivity index (χ1v) is 14.9. The molecule has 2 aromatic heterocycles. The van der Waals surface area contributed by atoms with Crippen molar-refractivity contribution in [3.05, 3.63) is 158 Å². The molecule has 198 valence electrons. The van der Waals surface area contributed by atoms with Crippen LogP contribution in [0.3, 0.4) is 0 Å². The lowest BCUT2D eigenvalue weighted by molar-refractivity contribution is 1.20. The number of rotatable bonds is 5. The van der Waals surface area contributed by atoms with Gasteiger partial charge in [-0.1, -0.05) is 109 Å². The monoisotopic (exact) mass is 554 g/mol. The van der Waals surface area contributed by atoms with E-state index < -0.39 is 0 Å². The molecule has 0 amide bonds. The largest absolute Gasteiger partial charge is 0.295 e. The number of pyridine rings is 1. The maximum Gasteiger partial charge on any atom is 0.138 e. The zero-order valence-electron chi connectivity index (χ0n) is 22.8. The molecular weight excluding hydrogens is 529 g/mol. The average Bonchev–Trinajstić information content (AvgIpc) is 3.44. The first-order chi connectivity index (χ1) is 20.8. The average molecular weight is 555 g/mol. The van der Waals surface area contributed by atoms with E-state index in [9.17, 15) is 0 Å². The lowest BCUT2D eigenvalue weighted by Crippen LogP contribution is -2.11. The summed E-state index contributed by atoms with van der Waals surface area (Å²) in [6.07, 6.45) is 2.03. The third-order valence-corrected chi connectivity index (χ3v) is 9.03. The molecule has 2 nitrogen and oxygen atoms in total.